The Morgan fingerprint density at radius 3 is 2.77 bits per heavy atom. The van der Waals surface area contributed by atoms with Gasteiger partial charge in [-0.15, -0.1) is 0 Å². The second-order valence-corrected chi connectivity index (χ2v) is 5.58. The minimum atomic E-state index is -0.700. The minimum Gasteiger partial charge on any atom is -0.493 e. The number of hydrogen-bond acceptors (Lipinski definition) is 7. The number of ether oxygens (including phenoxy) is 3. The van der Waals surface area contributed by atoms with E-state index in [1.165, 1.54) is 0 Å². The van der Waals surface area contributed by atoms with Crippen LogP contribution in [0.2, 0.25) is 0 Å². The molecule has 7 nitrogen and oxygen atoms in total. The van der Waals surface area contributed by atoms with Crippen molar-refractivity contribution in [2.75, 3.05) is 33.9 Å². The van der Waals surface area contributed by atoms with E-state index < -0.39 is 6.10 Å². The van der Waals surface area contributed by atoms with Crippen LogP contribution in [0.1, 0.15) is 11.1 Å². The number of aliphatic hydroxyl groups is 1. The highest BCUT2D eigenvalue weighted by Gasteiger charge is 2.09. The van der Waals surface area contributed by atoms with E-state index in [1.54, 1.807) is 32.5 Å². The second-order valence-electron chi connectivity index (χ2n) is 5.58. The summed E-state index contributed by atoms with van der Waals surface area (Å²) in [6, 6.07) is 11.1. The third-order valence-corrected chi connectivity index (χ3v) is 3.72. The van der Waals surface area contributed by atoms with Crippen LogP contribution in [0.15, 0.2) is 36.5 Å². The van der Waals surface area contributed by atoms with Crippen molar-refractivity contribution in [2.24, 2.45) is 0 Å². The van der Waals surface area contributed by atoms with Crippen LogP contribution in [0.25, 0.3) is 0 Å². The smallest absolute Gasteiger partial charge is 0.231 e. The number of aliphatic hydroxyl groups excluding tert-OH is 1. The van der Waals surface area contributed by atoms with Gasteiger partial charge in [0.05, 0.1) is 14.2 Å². The van der Waals surface area contributed by atoms with Gasteiger partial charge in [0.25, 0.3) is 0 Å². The summed E-state index contributed by atoms with van der Waals surface area (Å²) in [5.41, 5.74) is 1.45. The van der Waals surface area contributed by atoms with E-state index in [9.17, 15) is 5.11 Å². The Labute approximate surface area is 153 Å². The SMILES string of the molecule is COc1ccc(CCNC[C@@H](O)COc2ncccc2C#N)cc1OC. The minimum absolute atomic E-state index is 0.0645. The number of pyridine rings is 1. The predicted molar refractivity (Wildman–Crippen MR) is 96.6 cm³/mol. The largest absolute Gasteiger partial charge is 0.493 e. The first kappa shape index (κ1) is 19.5. The van der Waals surface area contributed by atoms with E-state index in [0.29, 0.717) is 30.2 Å². The maximum absolute atomic E-state index is 9.99. The van der Waals surface area contributed by atoms with E-state index in [0.717, 1.165) is 12.0 Å². The molecule has 0 amide bonds. The highest BCUT2D eigenvalue weighted by molar-refractivity contribution is 5.43. The molecule has 0 unspecified atom stereocenters. The number of hydrogen-bond donors (Lipinski definition) is 2. The summed E-state index contributed by atoms with van der Waals surface area (Å²) >= 11 is 0. The zero-order chi connectivity index (χ0) is 18.8. The van der Waals surface area contributed by atoms with Crippen molar-refractivity contribution in [2.45, 2.75) is 12.5 Å². The third kappa shape index (κ3) is 5.62. The molecule has 1 aromatic heterocycles. The molecule has 0 aliphatic carbocycles. The molecule has 7 heteroatoms. The molecule has 26 heavy (non-hydrogen) atoms. The average molecular weight is 357 g/mol. The normalized spacial score (nSPS) is 11.5. The monoisotopic (exact) mass is 357 g/mol. The Kier molecular flexibility index (Phi) is 7.68. The molecule has 1 atom stereocenters. The van der Waals surface area contributed by atoms with E-state index in [4.69, 9.17) is 19.5 Å². The van der Waals surface area contributed by atoms with Gasteiger partial charge in [-0.05, 0) is 42.8 Å². The van der Waals surface area contributed by atoms with Gasteiger partial charge in [0.2, 0.25) is 5.88 Å². The van der Waals surface area contributed by atoms with Crippen molar-refractivity contribution in [3.05, 3.63) is 47.7 Å². The summed E-state index contributed by atoms with van der Waals surface area (Å²) in [7, 11) is 3.21. The lowest BCUT2D eigenvalue weighted by Crippen LogP contribution is -2.32. The molecule has 0 saturated heterocycles. The number of aromatic nitrogens is 1. The number of nitrogens with zero attached hydrogens (tertiary/aromatic N) is 2. The number of methoxy groups -OCH3 is 2. The Morgan fingerprint density at radius 1 is 1.23 bits per heavy atom. The van der Waals surface area contributed by atoms with Crippen LogP contribution in [0.3, 0.4) is 0 Å². The maximum atomic E-state index is 9.99. The standard InChI is InChI=1S/C19H23N3O4/c1-24-17-6-5-14(10-18(17)25-2)7-9-21-12-16(23)13-26-19-15(11-20)4-3-8-22-19/h3-6,8,10,16,21,23H,7,9,12-13H2,1-2H3/t16-/m1/s1. The summed E-state index contributed by atoms with van der Waals surface area (Å²) in [5.74, 6) is 1.63. The highest BCUT2D eigenvalue weighted by Crippen LogP contribution is 2.27. The molecule has 0 fully saturated rings. The predicted octanol–water partition coefficient (Wildman–Crippen LogP) is 1.54. The third-order valence-electron chi connectivity index (χ3n) is 3.72. The molecule has 2 rings (SSSR count). The molecule has 0 aliphatic heterocycles. The van der Waals surface area contributed by atoms with E-state index >= 15 is 0 Å². The molecule has 0 radical (unpaired) electrons. The number of nitriles is 1. The topological polar surface area (TPSA) is 96.6 Å². The van der Waals surface area contributed by atoms with Crippen molar-refractivity contribution in [3.63, 3.8) is 0 Å². The Balaban J connectivity index is 1.72. The van der Waals surface area contributed by atoms with Gasteiger partial charge < -0.3 is 24.6 Å². The summed E-state index contributed by atoms with van der Waals surface area (Å²) < 4.78 is 15.9. The lowest BCUT2D eigenvalue weighted by atomic mass is 10.1. The van der Waals surface area contributed by atoms with E-state index in [1.807, 2.05) is 24.3 Å². The van der Waals surface area contributed by atoms with Gasteiger partial charge in [0.1, 0.15) is 24.3 Å². The van der Waals surface area contributed by atoms with Gasteiger partial charge in [-0.1, -0.05) is 6.07 Å². The number of rotatable bonds is 10. The van der Waals surface area contributed by atoms with Crippen molar-refractivity contribution < 1.29 is 19.3 Å². The molecule has 1 heterocycles. The molecule has 0 spiro atoms. The fourth-order valence-electron chi connectivity index (χ4n) is 2.36. The van der Waals surface area contributed by atoms with Crippen LogP contribution < -0.4 is 19.5 Å². The van der Waals surface area contributed by atoms with Crippen molar-refractivity contribution in [1.29, 1.82) is 5.26 Å². The molecule has 1 aromatic carbocycles. The summed E-state index contributed by atoms with van der Waals surface area (Å²) in [5, 5.41) is 22.1. The van der Waals surface area contributed by atoms with Crippen LogP contribution in [-0.2, 0) is 6.42 Å². The van der Waals surface area contributed by atoms with Crippen LogP contribution in [0.4, 0.5) is 0 Å². The Bertz CT molecular complexity index is 746. The summed E-state index contributed by atoms with van der Waals surface area (Å²) in [4.78, 5) is 3.99. The van der Waals surface area contributed by atoms with Gasteiger partial charge in [-0.25, -0.2) is 4.98 Å². The van der Waals surface area contributed by atoms with E-state index in [-0.39, 0.29) is 12.5 Å². The summed E-state index contributed by atoms with van der Waals surface area (Å²) in [6.45, 7) is 1.14. The lowest BCUT2D eigenvalue weighted by molar-refractivity contribution is 0.104. The van der Waals surface area contributed by atoms with Crippen LogP contribution in [-0.4, -0.2) is 50.1 Å². The van der Waals surface area contributed by atoms with E-state index in [2.05, 4.69) is 10.3 Å². The molecular formula is C19H23N3O4. The molecule has 0 bridgehead atoms. The average Bonchev–Trinajstić information content (AvgIpc) is 2.69. The molecular weight excluding hydrogens is 334 g/mol. The van der Waals surface area contributed by atoms with Crippen LogP contribution in [0.5, 0.6) is 17.4 Å². The molecule has 0 saturated carbocycles. The Morgan fingerprint density at radius 2 is 2.04 bits per heavy atom. The number of nitrogens with one attached hydrogen (secondary N) is 1. The lowest BCUT2D eigenvalue weighted by Gasteiger charge is -2.14. The van der Waals surface area contributed by atoms with Gasteiger partial charge in [0, 0.05) is 12.7 Å². The molecule has 2 N–H and O–H groups in total. The van der Waals surface area contributed by atoms with Gasteiger partial charge in [-0.3, -0.25) is 0 Å². The van der Waals surface area contributed by atoms with Crippen molar-refractivity contribution in [3.8, 4) is 23.4 Å². The fraction of sp³-hybridized carbons (Fsp3) is 0.368. The maximum Gasteiger partial charge on any atom is 0.231 e. The zero-order valence-electron chi connectivity index (χ0n) is 14.9. The first-order valence-electron chi connectivity index (χ1n) is 8.25. The number of benzene rings is 1. The molecule has 2 aromatic rings. The first-order valence-corrected chi connectivity index (χ1v) is 8.25. The highest BCUT2D eigenvalue weighted by atomic mass is 16.5. The molecule has 0 aliphatic rings. The molecule has 138 valence electrons. The van der Waals surface area contributed by atoms with Crippen molar-refractivity contribution >= 4 is 0 Å². The van der Waals surface area contributed by atoms with Gasteiger partial charge in [-0.2, -0.15) is 5.26 Å². The second kappa shape index (κ2) is 10.2. The quantitative estimate of drug-likeness (QED) is 0.623. The fourth-order valence-corrected chi connectivity index (χ4v) is 2.36. The van der Waals surface area contributed by atoms with Gasteiger partial charge in [0.15, 0.2) is 11.5 Å². The van der Waals surface area contributed by atoms with Crippen LogP contribution in [0, 0.1) is 11.3 Å². The van der Waals surface area contributed by atoms with Gasteiger partial charge >= 0.3 is 0 Å². The zero-order valence-corrected chi connectivity index (χ0v) is 14.9. The van der Waals surface area contributed by atoms with Crippen molar-refractivity contribution in [1.82, 2.24) is 10.3 Å². The first-order chi connectivity index (χ1) is 12.7. The Hall–Kier alpha value is -2.82. The summed E-state index contributed by atoms with van der Waals surface area (Å²) in [6.07, 6.45) is 1.63. The van der Waals surface area contributed by atoms with Crippen LogP contribution >= 0.6 is 0 Å².